The Kier molecular flexibility index (Phi) is 5.26. The number of nitrogens with one attached hydrogen (secondary N) is 1. The number of pyridine rings is 1. The Hall–Kier alpha value is -3.98. The second-order valence-electron chi connectivity index (χ2n) is 6.55. The van der Waals surface area contributed by atoms with Gasteiger partial charge in [0.25, 0.3) is 21.7 Å². The van der Waals surface area contributed by atoms with Crippen molar-refractivity contribution in [2.75, 3.05) is 12.4 Å². The highest BCUT2D eigenvalue weighted by Crippen LogP contribution is 2.26. The van der Waals surface area contributed by atoms with Crippen LogP contribution in [0.5, 0.6) is 5.88 Å². The van der Waals surface area contributed by atoms with E-state index in [9.17, 15) is 18.0 Å². The second kappa shape index (κ2) is 8.04. The molecule has 0 fully saturated rings. The van der Waals surface area contributed by atoms with Crippen LogP contribution in [0.25, 0.3) is 10.9 Å². The van der Waals surface area contributed by atoms with Gasteiger partial charge in [0.2, 0.25) is 5.88 Å². The van der Waals surface area contributed by atoms with Crippen molar-refractivity contribution in [1.29, 1.82) is 0 Å². The molecule has 0 saturated heterocycles. The number of nitrogens with zero attached hydrogens (tertiary/aromatic N) is 2. The third kappa shape index (κ3) is 3.78. The number of para-hydroxylation sites is 1. The van der Waals surface area contributed by atoms with Crippen LogP contribution in [-0.2, 0) is 14.8 Å². The molecule has 1 N–H and O–H groups in total. The van der Waals surface area contributed by atoms with E-state index in [0.717, 1.165) is 3.97 Å². The van der Waals surface area contributed by atoms with E-state index in [0.29, 0.717) is 22.5 Å². The normalized spacial score (nSPS) is 11.3. The summed E-state index contributed by atoms with van der Waals surface area (Å²) in [6.45, 7) is 0. The number of ketones is 1. The number of aromatic nitrogens is 2. The van der Waals surface area contributed by atoms with Crippen molar-refractivity contribution >= 4 is 38.3 Å². The molecule has 0 aliphatic rings. The van der Waals surface area contributed by atoms with Gasteiger partial charge in [-0.25, -0.2) is 17.4 Å². The van der Waals surface area contributed by atoms with E-state index in [1.807, 2.05) is 0 Å². The highest BCUT2D eigenvalue weighted by atomic mass is 32.2. The van der Waals surface area contributed by atoms with Gasteiger partial charge >= 0.3 is 0 Å². The number of hydrogen-bond acceptors (Lipinski definition) is 6. The molecule has 9 heteroatoms. The van der Waals surface area contributed by atoms with Gasteiger partial charge in [-0.3, -0.25) is 9.59 Å². The van der Waals surface area contributed by atoms with E-state index < -0.39 is 21.7 Å². The van der Waals surface area contributed by atoms with Crippen LogP contribution < -0.4 is 10.1 Å². The summed E-state index contributed by atoms with van der Waals surface area (Å²) >= 11 is 0. The fraction of sp³-hybridized carbons (Fsp3) is 0.0455. The Labute approximate surface area is 178 Å². The van der Waals surface area contributed by atoms with Gasteiger partial charge in [0.15, 0.2) is 0 Å². The van der Waals surface area contributed by atoms with Crippen molar-refractivity contribution in [2.24, 2.45) is 0 Å². The molecule has 0 aliphatic carbocycles. The summed E-state index contributed by atoms with van der Waals surface area (Å²) < 4.78 is 32.3. The number of methoxy groups -OCH3 is 1. The maximum Gasteiger partial charge on any atom is 0.296 e. The quantitative estimate of drug-likeness (QED) is 0.368. The maximum atomic E-state index is 13.1. The van der Waals surface area contributed by atoms with Crippen LogP contribution in [-0.4, -0.2) is 36.2 Å². The first kappa shape index (κ1) is 20.3. The number of carbonyl (C=O) groups excluding carboxylic acids is 2. The Morgan fingerprint density at radius 2 is 1.68 bits per heavy atom. The fourth-order valence-corrected chi connectivity index (χ4v) is 4.51. The predicted octanol–water partition coefficient (Wildman–Crippen LogP) is 3.10. The monoisotopic (exact) mass is 435 g/mol. The van der Waals surface area contributed by atoms with Crippen LogP contribution >= 0.6 is 0 Å². The summed E-state index contributed by atoms with van der Waals surface area (Å²) in [6.07, 6.45) is 2.54. The van der Waals surface area contributed by atoms with E-state index in [-0.39, 0.29) is 10.5 Å². The molecule has 0 radical (unpaired) electrons. The summed E-state index contributed by atoms with van der Waals surface area (Å²) in [6, 6.07) is 17.5. The van der Waals surface area contributed by atoms with Gasteiger partial charge in [-0.05, 0) is 24.3 Å². The Bertz CT molecular complexity index is 1380. The highest BCUT2D eigenvalue weighted by molar-refractivity contribution is 7.90. The zero-order valence-corrected chi connectivity index (χ0v) is 17.2. The number of carbonyl (C=O) groups is 2. The van der Waals surface area contributed by atoms with E-state index in [1.54, 1.807) is 54.6 Å². The SMILES string of the molecule is COc1ccc(NC(=O)C(=O)c2cn(S(=O)(=O)c3ccccc3)c3ccccc23)cn1. The summed E-state index contributed by atoms with van der Waals surface area (Å²) in [5.41, 5.74) is 0.586. The van der Waals surface area contributed by atoms with Gasteiger partial charge in [-0.15, -0.1) is 0 Å². The molecule has 2 aromatic carbocycles. The van der Waals surface area contributed by atoms with E-state index >= 15 is 0 Å². The van der Waals surface area contributed by atoms with Crippen molar-refractivity contribution in [1.82, 2.24) is 8.96 Å². The highest BCUT2D eigenvalue weighted by Gasteiger charge is 2.26. The molecule has 31 heavy (non-hydrogen) atoms. The minimum atomic E-state index is -3.96. The Balaban J connectivity index is 1.73. The van der Waals surface area contributed by atoms with Crippen LogP contribution in [0.3, 0.4) is 0 Å². The molecule has 0 saturated carbocycles. The number of Topliss-reactive ketones (excluding diaryl/α,β-unsaturated/α-hetero) is 1. The lowest BCUT2D eigenvalue weighted by atomic mass is 10.1. The third-order valence-corrected chi connectivity index (χ3v) is 6.32. The molecular weight excluding hydrogens is 418 g/mol. The lowest BCUT2D eigenvalue weighted by molar-refractivity contribution is -0.112. The van der Waals surface area contributed by atoms with Gasteiger partial charge in [-0.2, -0.15) is 0 Å². The van der Waals surface area contributed by atoms with Crippen LogP contribution in [0, 0.1) is 0 Å². The first-order valence-electron chi connectivity index (χ1n) is 9.18. The molecular formula is C22H17N3O5S. The van der Waals surface area contributed by atoms with E-state index in [4.69, 9.17) is 4.74 Å². The summed E-state index contributed by atoms with van der Waals surface area (Å²) in [7, 11) is -2.50. The fourth-order valence-electron chi connectivity index (χ4n) is 3.12. The van der Waals surface area contributed by atoms with Crippen LogP contribution in [0.4, 0.5) is 5.69 Å². The number of benzene rings is 2. The van der Waals surface area contributed by atoms with Gasteiger partial charge in [0.05, 0.1) is 35.0 Å². The molecule has 2 heterocycles. The molecule has 4 rings (SSSR count). The molecule has 1 amide bonds. The average Bonchev–Trinajstić information content (AvgIpc) is 3.20. The molecule has 4 aromatic rings. The van der Waals surface area contributed by atoms with Crippen molar-refractivity contribution in [3.63, 3.8) is 0 Å². The van der Waals surface area contributed by atoms with Crippen LogP contribution in [0.2, 0.25) is 0 Å². The largest absolute Gasteiger partial charge is 0.481 e. The smallest absolute Gasteiger partial charge is 0.296 e. The van der Waals surface area contributed by atoms with Gasteiger partial charge in [0, 0.05) is 17.6 Å². The van der Waals surface area contributed by atoms with Crippen molar-refractivity contribution in [3.8, 4) is 5.88 Å². The standard InChI is InChI=1S/C22H17N3O5S/c1-30-20-12-11-15(13-23-20)24-22(27)21(26)18-14-25(19-10-6-5-9-17(18)19)31(28,29)16-7-3-2-4-8-16/h2-14H,1H3,(H,24,27). The van der Waals surface area contributed by atoms with Gasteiger partial charge < -0.3 is 10.1 Å². The maximum absolute atomic E-state index is 13.1. The number of amides is 1. The average molecular weight is 435 g/mol. The molecule has 0 unspecified atom stereocenters. The Morgan fingerprint density at radius 1 is 0.968 bits per heavy atom. The zero-order valence-electron chi connectivity index (χ0n) is 16.3. The van der Waals surface area contributed by atoms with E-state index in [1.165, 1.54) is 31.6 Å². The van der Waals surface area contributed by atoms with E-state index in [2.05, 4.69) is 10.3 Å². The first-order chi connectivity index (χ1) is 14.9. The van der Waals surface area contributed by atoms with Gasteiger partial charge in [-0.1, -0.05) is 36.4 Å². The number of ether oxygens (including phenoxy) is 1. The first-order valence-corrected chi connectivity index (χ1v) is 10.6. The second-order valence-corrected chi connectivity index (χ2v) is 8.36. The number of fused-ring (bicyclic) bond motifs is 1. The van der Waals surface area contributed by atoms with Crippen molar-refractivity contribution in [3.05, 3.63) is 84.7 Å². The number of hydrogen-bond donors (Lipinski definition) is 1. The summed E-state index contributed by atoms with van der Waals surface area (Å²) in [5.74, 6) is -1.42. The third-order valence-electron chi connectivity index (χ3n) is 4.63. The topological polar surface area (TPSA) is 107 Å². The lowest BCUT2D eigenvalue weighted by Gasteiger charge is -2.07. The van der Waals surface area contributed by atoms with Crippen molar-refractivity contribution < 1.29 is 22.7 Å². The molecule has 0 atom stereocenters. The summed E-state index contributed by atoms with van der Waals surface area (Å²) in [4.78, 5) is 29.5. The number of rotatable bonds is 6. The summed E-state index contributed by atoms with van der Waals surface area (Å²) in [5, 5.41) is 2.83. The molecule has 2 aromatic heterocycles. The molecule has 156 valence electrons. The van der Waals surface area contributed by atoms with Crippen LogP contribution in [0.1, 0.15) is 10.4 Å². The zero-order chi connectivity index (χ0) is 22.0. The molecule has 0 bridgehead atoms. The molecule has 8 nitrogen and oxygen atoms in total. The van der Waals surface area contributed by atoms with Gasteiger partial charge in [0.1, 0.15) is 0 Å². The molecule has 0 spiro atoms. The predicted molar refractivity (Wildman–Crippen MR) is 115 cm³/mol. The minimum absolute atomic E-state index is 0.0194. The lowest BCUT2D eigenvalue weighted by Crippen LogP contribution is -2.23. The minimum Gasteiger partial charge on any atom is -0.481 e. The van der Waals surface area contributed by atoms with Crippen molar-refractivity contribution in [2.45, 2.75) is 4.90 Å². The van der Waals surface area contributed by atoms with Crippen LogP contribution in [0.15, 0.2) is 84.0 Å². The number of anilines is 1. The Morgan fingerprint density at radius 3 is 2.35 bits per heavy atom. The molecule has 0 aliphatic heterocycles.